The number of nitrogens with one attached hydrogen (secondary N) is 1. The Balaban J connectivity index is 2.98. The van der Waals surface area contributed by atoms with Gasteiger partial charge in [0.05, 0.1) is 26.8 Å². The van der Waals surface area contributed by atoms with Crippen molar-refractivity contribution < 1.29 is 24.1 Å². The lowest BCUT2D eigenvalue weighted by molar-refractivity contribution is 0.0691. The molecule has 0 aliphatic rings. The first-order valence-electron chi connectivity index (χ1n) is 5.63. The number of hydrogen-bond donors (Lipinski definition) is 2. The summed E-state index contributed by atoms with van der Waals surface area (Å²) in [4.78, 5) is 25.6. The van der Waals surface area contributed by atoms with Gasteiger partial charge in [-0.15, -0.1) is 0 Å². The Hall–Kier alpha value is -2.70. The van der Waals surface area contributed by atoms with Gasteiger partial charge in [0.25, 0.3) is 5.56 Å². The number of fused-ring (bicyclic) bond motifs is 1. The normalized spacial score (nSPS) is 10.3. The third kappa shape index (κ3) is 1.93. The van der Waals surface area contributed by atoms with Crippen LogP contribution in [0.3, 0.4) is 0 Å². The van der Waals surface area contributed by atoms with Crippen molar-refractivity contribution in [2.75, 3.05) is 21.3 Å². The fraction of sp³-hybridized carbons (Fsp3) is 0.231. The van der Waals surface area contributed by atoms with Crippen molar-refractivity contribution in [1.82, 2.24) is 4.98 Å². The zero-order valence-electron chi connectivity index (χ0n) is 11.1. The van der Waals surface area contributed by atoms with Crippen LogP contribution in [0.5, 0.6) is 17.2 Å². The Labute approximate surface area is 113 Å². The topological polar surface area (TPSA) is 97.9 Å². The molecule has 7 nitrogen and oxygen atoms in total. The van der Waals surface area contributed by atoms with Crippen molar-refractivity contribution in [2.24, 2.45) is 0 Å². The fourth-order valence-electron chi connectivity index (χ4n) is 2.06. The minimum absolute atomic E-state index is 0.0165. The van der Waals surface area contributed by atoms with Crippen LogP contribution < -0.4 is 19.8 Å². The van der Waals surface area contributed by atoms with Crippen molar-refractivity contribution in [3.63, 3.8) is 0 Å². The lowest BCUT2D eigenvalue weighted by atomic mass is 10.1. The highest BCUT2D eigenvalue weighted by atomic mass is 16.5. The molecule has 7 heteroatoms. The molecule has 0 bridgehead atoms. The molecule has 1 aromatic heterocycles. The summed E-state index contributed by atoms with van der Waals surface area (Å²) < 4.78 is 15.4. The predicted octanol–water partition coefficient (Wildman–Crippen LogP) is 1.25. The molecule has 2 N–H and O–H groups in total. The molecule has 106 valence electrons. The molecule has 1 heterocycles. The zero-order valence-corrected chi connectivity index (χ0v) is 11.1. The van der Waals surface area contributed by atoms with Gasteiger partial charge < -0.3 is 24.3 Å². The summed E-state index contributed by atoms with van der Waals surface area (Å²) in [5.41, 5.74) is -0.903. The molecule has 0 unspecified atom stereocenters. The molecule has 0 spiro atoms. The number of H-pyrrole nitrogens is 1. The lowest BCUT2D eigenvalue weighted by Crippen LogP contribution is -2.19. The summed E-state index contributed by atoms with van der Waals surface area (Å²) in [5.74, 6) is -0.657. The average molecular weight is 279 g/mol. The maximum Gasteiger partial charge on any atom is 0.345 e. The number of carboxylic acid groups (broad SMARTS) is 1. The van der Waals surface area contributed by atoms with Gasteiger partial charge in [0.2, 0.25) is 0 Å². The highest BCUT2D eigenvalue weighted by molar-refractivity contribution is 6.01. The Kier molecular flexibility index (Phi) is 3.51. The molecular weight excluding hydrogens is 266 g/mol. The van der Waals surface area contributed by atoms with Crippen LogP contribution in [0.2, 0.25) is 0 Å². The van der Waals surface area contributed by atoms with E-state index in [1.807, 2.05) is 0 Å². The first-order valence-corrected chi connectivity index (χ1v) is 5.63. The Morgan fingerprint density at radius 3 is 2.25 bits per heavy atom. The van der Waals surface area contributed by atoms with Gasteiger partial charge >= 0.3 is 5.97 Å². The standard InChI is InChI=1S/C13H13NO6/c1-18-7-5-4-6-9(11(7)20-3)14-12(15)8(13(16)17)10(6)19-2/h4-5H,1-3H3,(H,14,15)(H,16,17). The van der Waals surface area contributed by atoms with Gasteiger partial charge in [-0.3, -0.25) is 4.79 Å². The molecule has 1 aromatic carbocycles. The predicted molar refractivity (Wildman–Crippen MR) is 71.2 cm³/mol. The summed E-state index contributed by atoms with van der Waals surface area (Å²) in [5, 5.41) is 9.53. The first-order chi connectivity index (χ1) is 9.54. The maximum atomic E-state index is 11.9. The largest absolute Gasteiger partial charge is 0.495 e. The molecule has 0 amide bonds. The molecule has 20 heavy (non-hydrogen) atoms. The van der Waals surface area contributed by atoms with E-state index in [0.717, 1.165) is 0 Å². The van der Waals surface area contributed by atoms with Crippen molar-refractivity contribution in [3.05, 3.63) is 28.0 Å². The summed E-state index contributed by atoms with van der Waals surface area (Å²) >= 11 is 0. The maximum absolute atomic E-state index is 11.9. The summed E-state index contributed by atoms with van der Waals surface area (Å²) in [7, 11) is 4.19. The first kappa shape index (κ1) is 13.7. The van der Waals surface area contributed by atoms with E-state index in [-0.39, 0.29) is 5.75 Å². The van der Waals surface area contributed by atoms with E-state index in [4.69, 9.17) is 19.3 Å². The van der Waals surface area contributed by atoms with Crippen LogP contribution in [0.15, 0.2) is 16.9 Å². The minimum Gasteiger partial charge on any atom is -0.495 e. The van der Waals surface area contributed by atoms with E-state index in [1.54, 1.807) is 12.1 Å². The van der Waals surface area contributed by atoms with Gasteiger partial charge in [0.1, 0.15) is 5.75 Å². The van der Waals surface area contributed by atoms with E-state index < -0.39 is 17.1 Å². The van der Waals surface area contributed by atoms with Crippen molar-refractivity contribution in [2.45, 2.75) is 0 Å². The fourth-order valence-corrected chi connectivity index (χ4v) is 2.06. The zero-order chi connectivity index (χ0) is 14.9. The number of benzene rings is 1. The summed E-state index contributed by atoms with van der Waals surface area (Å²) in [6.07, 6.45) is 0. The molecule has 0 atom stereocenters. The van der Waals surface area contributed by atoms with Crippen LogP contribution >= 0.6 is 0 Å². The summed E-state index contributed by atoms with van der Waals surface area (Å²) in [6, 6.07) is 3.20. The number of carboxylic acids is 1. The SMILES string of the molecule is COc1ccc2c(OC)c(C(=O)O)c(=O)[nH]c2c1OC. The lowest BCUT2D eigenvalue weighted by Gasteiger charge is -2.13. The van der Waals surface area contributed by atoms with Gasteiger partial charge in [-0.25, -0.2) is 4.79 Å². The van der Waals surface area contributed by atoms with E-state index in [0.29, 0.717) is 22.4 Å². The highest BCUT2D eigenvalue weighted by Gasteiger charge is 2.22. The van der Waals surface area contributed by atoms with Crippen LogP contribution in [-0.2, 0) is 0 Å². The van der Waals surface area contributed by atoms with Gasteiger partial charge in [-0.05, 0) is 12.1 Å². The Bertz CT molecular complexity index is 734. The van der Waals surface area contributed by atoms with E-state index in [2.05, 4.69) is 4.98 Å². The number of rotatable bonds is 4. The van der Waals surface area contributed by atoms with E-state index in [1.165, 1.54) is 21.3 Å². The molecular formula is C13H13NO6. The third-order valence-electron chi connectivity index (χ3n) is 2.90. The Morgan fingerprint density at radius 2 is 1.75 bits per heavy atom. The van der Waals surface area contributed by atoms with Gasteiger partial charge in [-0.1, -0.05) is 0 Å². The number of methoxy groups -OCH3 is 3. The van der Waals surface area contributed by atoms with Crippen molar-refractivity contribution >= 4 is 16.9 Å². The van der Waals surface area contributed by atoms with Crippen LogP contribution in [0.4, 0.5) is 0 Å². The quantitative estimate of drug-likeness (QED) is 0.874. The van der Waals surface area contributed by atoms with Gasteiger partial charge in [0, 0.05) is 5.39 Å². The van der Waals surface area contributed by atoms with Crippen molar-refractivity contribution in [3.8, 4) is 17.2 Å². The van der Waals surface area contributed by atoms with Crippen LogP contribution in [-0.4, -0.2) is 37.4 Å². The highest BCUT2D eigenvalue weighted by Crippen LogP contribution is 2.37. The average Bonchev–Trinajstić information content (AvgIpc) is 2.43. The number of hydrogen-bond acceptors (Lipinski definition) is 5. The minimum atomic E-state index is -1.36. The molecule has 2 rings (SSSR count). The summed E-state index contributed by atoms with van der Waals surface area (Å²) in [6.45, 7) is 0. The van der Waals surface area contributed by atoms with Crippen LogP contribution in [0.25, 0.3) is 10.9 Å². The second-order valence-electron chi connectivity index (χ2n) is 3.89. The number of aromatic nitrogens is 1. The van der Waals surface area contributed by atoms with E-state index in [9.17, 15) is 9.59 Å². The van der Waals surface area contributed by atoms with E-state index >= 15 is 0 Å². The van der Waals surface area contributed by atoms with Crippen LogP contribution in [0, 0.1) is 0 Å². The Morgan fingerprint density at radius 1 is 1.10 bits per heavy atom. The molecule has 0 saturated heterocycles. The second-order valence-corrected chi connectivity index (χ2v) is 3.89. The smallest absolute Gasteiger partial charge is 0.345 e. The number of ether oxygens (including phenoxy) is 3. The molecule has 0 radical (unpaired) electrons. The molecule has 0 fully saturated rings. The van der Waals surface area contributed by atoms with Crippen LogP contribution in [0.1, 0.15) is 10.4 Å². The molecule has 0 aliphatic carbocycles. The third-order valence-corrected chi connectivity index (χ3v) is 2.90. The number of pyridine rings is 1. The number of carbonyl (C=O) groups is 1. The second kappa shape index (κ2) is 5.12. The van der Waals surface area contributed by atoms with Crippen molar-refractivity contribution in [1.29, 1.82) is 0 Å². The monoisotopic (exact) mass is 279 g/mol. The molecule has 0 aliphatic heterocycles. The molecule has 0 saturated carbocycles. The van der Waals surface area contributed by atoms with Gasteiger partial charge in [-0.2, -0.15) is 0 Å². The molecule has 2 aromatic rings. The number of aromatic amines is 1. The van der Waals surface area contributed by atoms with Gasteiger partial charge in [0.15, 0.2) is 17.1 Å². The number of aromatic carboxylic acids is 1.